The van der Waals surface area contributed by atoms with Crippen LogP contribution in [-0.4, -0.2) is 29.6 Å². The summed E-state index contributed by atoms with van der Waals surface area (Å²) in [6, 6.07) is 5.98. The van der Waals surface area contributed by atoms with Crippen LogP contribution >= 0.6 is 0 Å². The lowest BCUT2D eigenvalue weighted by molar-refractivity contribution is -0.117. The van der Waals surface area contributed by atoms with Gasteiger partial charge >= 0.3 is 5.97 Å². The molecule has 1 heterocycles. The highest BCUT2D eigenvalue weighted by Gasteiger charge is 2.22. The van der Waals surface area contributed by atoms with Gasteiger partial charge in [-0.3, -0.25) is 4.79 Å². The van der Waals surface area contributed by atoms with E-state index in [0.29, 0.717) is 12.1 Å². The summed E-state index contributed by atoms with van der Waals surface area (Å²) in [5, 5.41) is 14.5. The molecule has 89 valence electrons. The highest BCUT2D eigenvalue weighted by Crippen LogP contribution is 2.13. The first kappa shape index (κ1) is 11.6. The second-order valence-electron chi connectivity index (χ2n) is 3.86. The molecule has 1 saturated heterocycles. The van der Waals surface area contributed by atoms with E-state index in [1.54, 1.807) is 12.1 Å². The molecule has 1 aliphatic rings. The van der Waals surface area contributed by atoms with Crippen LogP contribution in [0.25, 0.3) is 0 Å². The first-order valence-corrected chi connectivity index (χ1v) is 5.36. The number of nitrogens with one attached hydrogen (secondary N) is 2. The first-order valence-electron chi connectivity index (χ1n) is 5.36. The second kappa shape index (κ2) is 4.97. The SMILES string of the molecule is O=C(O)c1cccc(NC(=O)[C@@H]2C[CH]CN2)c1. The standard InChI is InChI=1S/C12H13N2O3/c15-11(10-5-2-6-13-10)14-9-4-1-3-8(7-9)12(16)17/h1-4,7,10,13H,5-6H2,(H,14,15)(H,16,17)/t10-/m0/s1. The van der Waals surface area contributed by atoms with E-state index in [9.17, 15) is 9.59 Å². The van der Waals surface area contributed by atoms with Crippen molar-refractivity contribution in [1.29, 1.82) is 0 Å². The minimum atomic E-state index is -1.01. The summed E-state index contributed by atoms with van der Waals surface area (Å²) in [5.74, 6) is -1.14. The molecule has 0 saturated carbocycles. The Hall–Kier alpha value is -1.88. The Morgan fingerprint density at radius 3 is 2.88 bits per heavy atom. The molecule has 0 aliphatic carbocycles. The molecule has 1 aliphatic heterocycles. The topological polar surface area (TPSA) is 78.4 Å². The summed E-state index contributed by atoms with van der Waals surface area (Å²) in [4.78, 5) is 22.5. The number of amides is 1. The van der Waals surface area contributed by atoms with Gasteiger partial charge in [-0.2, -0.15) is 0 Å². The molecule has 1 aromatic carbocycles. The molecular weight excluding hydrogens is 220 g/mol. The van der Waals surface area contributed by atoms with Crippen molar-refractivity contribution < 1.29 is 14.7 Å². The predicted molar refractivity (Wildman–Crippen MR) is 62.7 cm³/mol. The van der Waals surface area contributed by atoms with Gasteiger partial charge in [0.1, 0.15) is 0 Å². The highest BCUT2D eigenvalue weighted by atomic mass is 16.4. The lowest BCUT2D eigenvalue weighted by atomic mass is 10.2. The summed E-state index contributed by atoms with van der Waals surface area (Å²) in [6.45, 7) is 0.729. The van der Waals surface area contributed by atoms with Crippen molar-refractivity contribution in [2.24, 2.45) is 0 Å². The van der Waals surface area contributed by atoms with Gasteiger partial charge in [0.05, 0.1) is 11.6 Å². The Kier molecular flexibility index (Phi) is 3.39. The van der Waals surface area contributed by atoms with Gasteiger partial charge < -0.3 is 15.7 Å². The lowest BCUT2D eigenvalue weighted by Crippen LogP contribution is -2.35. The molecular formula is C12H13N2O3. The molecule has 1 aromatic rings. The average molecular weight is 233 g/mol. The molecule has 1 atom stereocenters. The molecule has 2 rings (SSSR count). The van der Waals surface area contributed by atoms with E-state index < -0.39 is 5.97 Å². The van der Waals surface area contributed by atoms with Crippen molar-refractivity contribution in [1.82, 2.24) is 5.32 Å². The zero-order valence-electron chi connectivity index (χ0n) is 9.14. The summed E-state index contributed by atoms with van der Waals surface area (Å²) >= 11 is 0. The number of hydrogen-bond donors (Lipinski definition) is 3. The van der Waals surface area contributed by atoms with E-state index in [-0.39, 0.29) is 17.5 Å². The van der Waals surface area contributed by atoms with Gasteiger partial charge in [0.25, 0.3) is 0 Å². The number of carbonyl (C=O) groups excluding carboxylic acids is 1. The first-order chi connectivity index (χ1) is 8.16. The van der Waals surface area contributed by atoms with Crippen LogP contribution in [0.2, 0.25) is 0 Å². The number of anilines is 1. The number of carboxylic acids is 1. The van der Waals surface area contributed by atoms with Crippen LogP contribution in [0.4, 0.5) is 5.69 Å². The van der Waals surface area contributed by atoms with E-state index >= 15 is 0 Å². The zero-order valence-corrected chi connectivity index (χ0v) is 9.14. The van der Waals surface area contributed by atoms with E-state index in [0.717, 1.165) is 6.54 Å². The van der Waals surface area contributed by atoms with Crippen LogP contribution in [0.1, 0.15) is 16.8 Å². The number of carbonyl (C=O) groups is 2. The lowest BCUT2D eigenvalue weighted by Gasteiger charge is -2.11. The molecule has 0 aromatic heterocycles. The fourth-order valence-corrected chi connectivity index (χ4v) is 1.72. The predicted octanol–water partition coefficient (Wildman–Crippen LogP) is 0.889. The van der Waals surface area contributed by atoms with Crippen LogP contribution in [-0.2, 0) is 4.79 Å². The molecule has 0 spiro atoms. The number of rotatable bonds is 3. The minimum absolute atomic E-state index is 0.138. The molecule has 1 fully saturated rings. The smallest absolute Gasteiger partial charge is 0.335 e. The molecule has 3 N–H and O–H groups in total. The van der Waals surface area contributed by atoms with Gasteiger partial charge in [-0.15, -0.1) is 0 Å². The molecule has 0 bridgehead atoms. The normalized spacial score (nSPS) is 18.9. The van der Waals surface area contributed by atoms with Gasteiger partial charge in [0, 0.05) is 5.69 Å². The molecule has 5 nitrogen and oxygen atoms in total. The van der Waals surface area contributed by atoms with Crippen molar-refractivity contribution in [3.8, 4) is 0 Å². The van der Waals surface area contributed by atoms with Gasteiger partial charge in [-0.25, -0.2) is 4.79 Å². The van der Waals surface area contributed by atoms with E-state index in [4.69, 9.17) is 5.11 Å². The van der Waals surface area contributed by atoms with Gasteiger partial charge in [0.2, 0.25) is 5.91 Å². The number of hydrogen-bond acceptors (Lipinski definition) is 3. The quantitative estimate of drug-likeness (QED) is 0.724. The Balaban J connectivity index is 2.05. The van der Waals surface area contributed by atoms with Crippen LogP contribution in [0.15, 0.2) is 24.3 Å². The Morgan fingerprint density at radius 1 is 1.41 bits per heavy atom. The Bertz CT molecular complexity index is 439. The van der Waals surface area contributed by atoms with E-state index in [2.05, 4.69) is 10.6 Å². The summed E-state index contributed by atoms with van der Waals surface area (Å²) in [6.07, 6.45) is 2.70. The third-order valence-electron chi connectivity index (χ3n) is 2.60. The minimum Gasteiger partial charge on any atom is -0.478 e. The highest BCUT2D eigenvalue weighted by molar-refractivity contribution is 5.96. The molecule has 17 heavy (non-hydrogen) atoms. The summed E-state index contributed by atoms with van der Waals surface area (Å²) in [7, 11) is 0. The zero-order chi connectivity index (χ0) is 12.3. The van der Waals surface area contributed by atoms with Crippen LogP contribution in [0.3, 0.4) is 0 Å². The largest absolute Gasteiger partial charge is 0.478 e. The molecule has 1 radical (unpaired) electrons. The average Bonchev–Trinajstić information content (AvgIpc) is 2.82. The third-order valence-corrected chi connectivity index (χ3v) is 2.60. The Morgan fingerprint density at radius 2 is 2.24 bits per heavy atom. The van der Waals surface area contributed by atoms with Crippen molar-refractivity contribution >= 4 is 17.6 Å². The maximum Gasteiger partial charge on any atom is 0.335 e. The van der Waals surface area contributed by atoms with Crippen molar-refractivity contribution in [2.75, 3.05) is 11.9 Å². The maximum absolute atomic E-state index is 11.8. The number of benzene rings is 1. The monoisotopic (exact) mass is 233 g/mol. The fourth-order valence-electron chi connectivity index (χ4n) is 1.72. The van der Waals surface area contributed by atoms with Gasteiger partial charge in [-0.1, -0.05) is 6.07 Å². The summed E-state index contributed by atoms with van der Waals surface area (Å²) in [5.41, 5.74) is 0.664. The van der Waals surface area contributed by atoms with Crippen LogP contribution < -0.4 is 10.6 Å². The second-order valence-corrected chi connectivity index (χ2v) is 3.86. The third kappa shape index (κ3) is 2.82. The van der Waals surface area contributed by atoms with Gasteiger partial charge in [0.15, 0.2) is 0 Å². The van der Waals surface area contributed by atoms with Crippen molar-refractivity contribution in [3.63, 3.8) is 0 Å². The van der Waals surface area contributed by atoms with E-state index in [1.165, 1.54) is 12.1 Å². The molecule has 5 heteroatoms. The Labute approximate surface area is 98.8 Å². The van der Waals surface area contributed by atoms with Gasteiger partial charge in [-0.05, 0) is 37.6 Å². The maximum atomic E-state index is 11.8. The summed E-state index contributed by atoms with van der Waals surface area (Å²) < 4.78 is 0. The number of aromatic carboxylic acids is 1. The van der Waals surface area contributed by atoms with Crippen molar-refractivity contribution in [3.05, 3.63) is 36.2 Å². The fraction of sp³-hybridized carbons (Fsp3) is 0.250. The van der Waals surface area contributed by atoms with Crippen LogP contribution in [0, 0.1) is 6.42 Å². The van der Waals surface area contributed by atoms with Crippen molar-refractivity contribution in [2.45, 2.75) is 12.5 Å². The molecule has 0 unspecified atom stereocenters. The number of carboxylic acid groups (broad SMARTS) is 1. The molecule has 1 amide bonds. The van der Waals surface area contributed by atoms with Crippen LogP contribution in [0.5, 0.6) is 0 Å². The van der Waals surface area contributed by atoms with E-state index in [1.807, 2.05) is 6.42 Å².